The number of rotatable bonds is 23. The van der Waals surface area contributed by atoms with E-state index < -0.39 is 0 Å². The van der Waals surface area contributed by atoms with Crippen molar-refractivity contribution in [2.24, 2.45) is 10.8 Å². The van der Waals surface area contributed by atoms with E-state index in [4.69, 9.17) is 11.6 Å². The molecule has 636 valence electrons. The molecule has 0 heterocycles. The Morgan fingerprint density at radius 2 is 0.524 bits per heavy atom. The van der Waals surface area contributed by atoms with E-state index in [9.17, 15) is 57.5 Å². The van der Waals surface area contributed by atoms with Crippen LogP contribution in [0.25, 0.3) is 33.4 Å². The molecular weight excluding hydrogens is 1640 g/mol. The Balaban J connectivity index is 0.000000159. The lowest BCUT2D eigenvalue weighted by Gasteiger charge is -2.34. The molecule has 9 aromatic rings. The van der Waals surface area contributed by atoms with Crippen LogP contribution < -0.4 is 0 Å². The molecule has 0 aromatic heterocycles. The summed E-state index contributed by atoms with van der Waals surface area (Å²) >= 11 is 9.52. The van der Waals surface area contributed by atoms with E-state index in [0.717, 1.165) is 99.4 Å². The van der Waals surface area contributed by atoms with Gasteiger partial charge >= 0.3 is 0 Å². The molecule has 0 saturated carbocycles. The Labute approximate surface area is 756 Å². The minimum absolute atomic E-state index is 0.0253. The molecule has 6 aliphatic carbocycles. The summed E-state index contributed by atoms with van der Waals surface area (Å²) in [7, 11) is 0. The summed E-state index contributed by atoms with van der Waals surface area (Å²) < 4.78 is 0. The predicted octanol–water partition coefficient (Wildman–Crippen LogP) is 24.7. The van der Waals surface area contributed by atoms with Crippen molar-refractivity contribution in [3.63, 3.8) is 0 Å². The van der Waals surface area contributed by atoms with E-state index in [-0.39, 0.29) is 85.3 Å². The zero-order chi connectivity index (χ0) is 90.3. The van der Waals surface area contributed by atoms with Gasteiger partial charge in [0, 0.05) is 83.6 Å². The van der Waals surface area contributed by atoms with E-state index in [1.165, 1.54) is 126 Å². The minimum Gasteiger partial charge on any atom is -0.290 e. The molecule has 0 atom stereocenters. The third kappa shape index (κ3) is 28.1. The van der Waals surface area contributed by atoms with Gasteiger partial charge in [-0.2, -0.15) is 0 Å². The Morgan fingerprint density at radius 3 is 0.841 bits per heavy atom. The second-order valence-corrected chi connectivity index (χ2v) is 35.8. The first kappa shape index (κ1) is 95.5. The fraction of sp³-hybridized carbons (Fsp3) is 0.182. The van der Waals surface area contributed by atoms with Gasteiger partial charge in [-0.25, -0.2) is 0 Å². The Hall–Kier alpha value is -12.8. The van der Waals surface area contributed by atoms with Gasteiger partial charge in [0.05, 0.1) is 19.7 Å². The molecule has 0 spiro atoms. The third-order valence-electron chi connectivity index (χ3n) is 20.3. The summed E-state index contributed by atoms with van der Waals surface area (Å²) in [6.45, 7) is 16.9. The summed E-state index contributed by atoms with van der Waals surface area (Å²) in [5.41, 5.74) is 11.0. The molecule has 15 rings (SSSR count). The van der Waals surface area contributed by atoms with Crippen LogP contribution in [0.1, 0.15) is 151 Å². The summed E-state index contributed by atoms with van der Waals surface area (Å²) in [6.07, 6.45) is 27.3. The van der Waals surface area contributed by atoms with Crippen molar-refractivity contribution < 1.29 is 57.5 Å². The number of unbranched alkanes of at least 4 members (excludes halogenated alkanes) is 3. The van der Waals surface area contributed by atoms with Crippen LogP contribution in [-0.4, -0.2) is 69.4 Å². The van der Waals surface area contributed by atoms with E-state index in [1.807, 2.05) is 275 Å². The second-order valence-electron chi connectivity index (χ2n) is 32.0. The Kier molecular flexibility index (Phi) is 35.5. The largest absolute Gasteiger partial charge is 0.290 e. The molecule has 6 aliphatic rings. The first-order valence-electron chi connectivity index (χ1n) is 41.9. The van der Waals surface area contributed by atoms with Gasteiger partial charge in [0.25, 0.3) is 0 Å². The quantitative estimate of drug-likeness (QED) is 0.0431. The van der Waals surface area contributed by atoms with Crippen molar-refractivity contribution in [3.05, 3.63) is 409 Å². The highest BCUT2D eigenvalue weighted by Crippen LogP contribution is 2.42. The highest BCUT2D eigenvalue weighted by atomic mass is 35.5. The van der Waals surface area contributed by atoms with Gasteiger partial charge in [-0.05, 0) is 172 Å². The molecule has 126 heavy (non-hydrogen) atoms. The highest BCUT2D eigenvalue weighted by molar-refractivity contribution is 8.05. The molecule has 0 unspecified atom stereocenters. The number of ketones is 12. The fourth-order valence-electron chi connectivity index (χ4n) is 14.4. The lowest BCUT2D eigenvalue weighted by molar-refractivity contribution is -0.115. The van der Waals surface area contributed by atoms with Gasteiger partial charge in [-0.3, -0.25) is 57.5 Å². The molecule has 9 aromatic carbocycles. The second kappa shape index (κ2) is 46.8. The number of hydrogen-bond acceptors (Lipinski definition) is 15. The fourth-order valence-corrected chi connectivity index (χ4v) is 17.2. The van der Waals surface area contributed by atoms with Crippen LogP contribution in [0.5, 0.6) is 0 Å². The first-order chi connectivity index (χ1) is 60.6. The number of carbonyl (C=O) groups excluding carboxylic acids is 12. The average Bonchev–Trinajstić information content (AvgIpc) is 0.759. The molecule has 12 nitrogen and oxygen atoms in total. The molecule has 0 amide bonds. The number of allylic oxidation sites excluding steroid dienone is 24. The van der Waals surface area contributed by atoms with E-state index in [2.05, 4.69) is 41.5 Å². The van der Waals surface area contributed by atoms with Crippen LogP contribution in [0.2, 0.25) is 0 Å². The molecule has 0 saturated heterocycles. The van der Waals surface area contributed by atoms with Crippen LogP contribution >= 0.6 is 46.9 Å². The predicted molar refractivity (Wildman–Crippen MR) is 512 cm³/mol. The Morgan fingerprint density at radius 1 is 0.246 bits per heavy atom. The lowest BCUT2D eigenvalue weighted by Crippen LogP contribution is -2.29. The van der Waals surface area contributed by atoms with Gasteiger partial charge in [0.15, 0.2) is 69.4 Å². The van der Waals surface area contributed by atoms with Crippen LogP contribution in [0.15, 0.2) is 379 Å². The molecule has 0 aliphatic heterocycles. The van der Waals surface area contributed by atoms with Crippen LogP contribution in [0, 0.1) is 10.8 Å². The van der Waals surface area contributed by atoms with E-state index in [1.54, 1.807) is 0 Å². The molecule has 0 N–H and O–H groups in total. The van der Waals surface area contributed by atoms with Crippen LogP contribution in [0.4, 0.5) is 0 Å². The highest BCUT2D eigenvalue weighted by Gasteiger charge is 2.36. The summed E-state index contributed by atoms with van der Waals surface area (Å²) in [5.74, 6) is -1.46. The standard InChI is InChI=1S/C24H24O2.C20H24O2.C18H12O2S2.C18H12O2S.C18H12O2.C12H15ClO2/c1-3-5-17-7-11-19(12-8-17)21-15-24(26)22(16-23(21)25)20-13-9-18(6-4-2)10-14-20;1-19(2,3)13-20(4,5)16-12-17(21)15(11-18(16)22)14-9-7-6-8-10-14;19-15-12-18(22-14-9-5-2-6-10-14)16(20)11-17(15)21-13-7-3-1-4-8-13;19-16-12-18(21-14-9-5-2-6-10-14)17(20)11-15(16)13-7-3-1-4-8-13;19-17-12-16(14-9-5-2-6-10-14)18(20)11-15(17)13-7-3-1-4-8-13;1-2-3-4-5-6-9-7-12(15)10(13)8-11(9)14/h7-16H,3-6H2,1-2H3;6-12H,13H2,1-5H3;1-12H;1-12H;1-12H;7-8H,2-6H2,1H3. The third-order valence-corrected chi connectivity index (χ3v) is 23.7. The number of thioether (sulfide) groups is 3. The van der Waals surface area contributed by atoms with Crippen molar-refractivity contribution in [3.8, 4) is 0 Å². The molecular formula is C110H99ClO12S3. The molecule has 0 bridgehead atoms. The zero-order valence-corrected chi connectivity index (χ0v) is 75.0. The maximum absolute atomic E-state index is 12.6. The maximum atomic E-state index is 12.6. The van der Waals surface area contributed by atoms with Gasteiger partial charge < -0.3 is 0 Å². The summed E-state index contributed by atoms with van der Waals surface area (Å²) in [6, 6.07) is 81.6. The summed E-state index contributed by atoms with van der Waals surface area (Å²) in [4.78, 5) is 150. The smallest absolute Gasteiger partial charge is 0.197 e. The summed E-state index contributed by atoms with van der Waals surface area (Å²) in [5, 5.41) is 0.0253. The number of halogens is 1. The van der Waals surface area contributed by atoms with Gasteiger partial charge in [0.2, 0.25) is 0 Å². The van der Waals surface area contributed by atoms with Crippen molar-refractivity contribution >= 4 is 150 Å². The molecule has 0 radical (unpaired) electrons. The van der Waals surface area contributed by atoms with Gasteiger partial charge in [-0.1, -0.05) is 359 Å². The zero-order valence-electron chi connectivity index (χ0n) is 71.8. The number of carbonyl (C=O) groups is 12. The topological polar surface area (TPSA) is 205 Å². The number of benzene rings is 9. The van der Waals surface area contributed by atoms with Crippen molar-refractivity contribution in [2.75, 3.05) is 0 Å². The Bertz CT molecular complexity index is 5740. The SMILES string of the molecule is CC(C)(C)CC(C)(C)C1=CC(=O)C(c2ccccc2)=CC1=O.CCCCCCC1=CC(=O)C(Cl)=CC1=O.CCCc1ccc(C2=CC(=O)C(c3ccc(CCC)cc3)=CC2=O)cc1.O=C1C=C(Sc2ccccc2)C(=O)C=C1Sc1ccccc1.O=C1C=C(c2ccccc2)C(=O)C=C1Sc1ccccc1.O=C1C=C(c2ccccc2)C(=O)C=C1c1ccccc1. The lowest BCUT2D eigenvalue weighted by atomic mass is 9.69. The van der Waals surface area contributed by atoms with Crippen molar-refractivity contribution in [1.29, 1.82) is 0 Å². The molecule has 16 heteroatoms. The van der Waals surface area contributed by atoms with Crippen molar-refractivity contribution in [2.45, 2.75) is 134 Å². The van der Waals surface area contributed by atoms with E-state index in [0.29, 0.717) is 65.7 Å². The number of hydrogen-bond donors (Lipinski definition) is 0. The monoisotopic (exact) mass is 1740 g/mol. The molecule has 0 fully saturated rings. The maximum Gasteiger partial charge on any atom is 0.197 e. The van der Waals surface area contributed by atoms with Crippen LogP contribution in [0.3, 0.4) is 0 Å². The number of aryl methyl sites for hydroxylation is 2. The van der Waals surface area contributed by atoms with E-state index >= 15 is 0 Å². The first-order valence-corrected chi connectivity index (χ1v) is 44.8. The van der Waals surface area contributed by atoms with Gasteiger partial charge in [0.1, 0.15) is 0 Å². The van der Waals surface area contributed by atoms with Gasteiger partial charge in [-0.15, -0.1) is 0 Å². The average molecular weight is 1740 g/mol. The minimum atomic E-state index is -0.316. The normalized spacial score (nSPS) is 15.1. The van der Waals surface area contributed by atoms with Crippen LogP contribution in [-0.2, 0) is 70.4 Å². The van der Waals surface area contributed by atoms with Crippen molar-refractivity contribution in [1.82, 2.24) is 0 Å².